The minimum absolute atomic E-state index is 0.218. The van der Waals surface area contributed by atoms with E-state index in [0.29, 0.717) is 0 Å². The van der Waals surface area contributed by atoms with Gasteiger partial charge in [-0.15, -0.1) is 0 Å². The third-order valence-corrected chi connectivity index (χ3v) is 1.36. The van der Waals surface area contributed by atoms with E-state index in [-0.39, 0.29) is 6.61 Å². The predicted octanol–water partition coefficient (Wildman–Crippen LogP) is -0.0975. The molecule has 1 aromatic carbocycles. The summed E-state index contributed by atoms with van der Waals surface area (Å²) in [6, 6.07) is 9.08. The molecular weight excluding hydrogens is 207 g/mol. The summed E-state index contributed by atoms with van der Waals surface area (Å²) in [5, 5.41) is 17.6. The lowest BCUT2D eigenvalue weighted by Crippen LogP contribution is -2.01. The monoisotopic (exact) mass is 220 g/mol. The molecule has 0 aliphatic rings. The van der Waals surface area contributed by atoms with E-state index in [1.165, 1.54) is 0 Å². The Morgan fingerprint density at radius 2 is 1.50 bits per heavy atom. The minimum Gasteiger partial charge on any atom is -0.393 e. The second-order valence-electron chi connectivity index (χ2n) is 2.38. The molecule has 1 atom stereocenters. The summed E-state index contributed by atoms with van der Waals surface area (Å²) in [4.78, 5) is 21.7. The van der Waals surface area contributed by atoms with Crippen LogP contribution in [0.15, 0.2) is 30.3 Å². The van der Waals surface area contributed by atoms with Crippen LogP contribution in [-0.2, 0) is 0 Å². The Balaban J connectivity index is 0.000000364. The molecule has 6 heteroatoms. The highest BCUT2D eigenvalue weighted by atomic mass is 31.2. The van der Waals surface area contributed by atoms with Crippen molar-refractivity contribution in [1.82, 2.24) is 0 Å². The molecular formula is C8H13O5P. The Morgan fingerprint density at radius 1 is 1.07 bits per heavy atom. The maximum atomic E-state index is 9.08. The molecule has 1 aromatic rings. The van der Waals surface area contributed by atoms with Crippen molar-refractivity contribution in [1.29, 1.82) is 0 Å². The van der Waals surface area contributed by atoms with E-state index in [1.54, 1.807) is 12.1 Å². The van der Waals surface area contributed by atoms with Crippen LogP contribution in [-0.4, -0.2) is 31.5 Å². The van der Waals surface area contributed by atoms with Gasteiger partial charge in [-0.05, 0) is 5.56 Å². The maximum Gasteiger partial charge on any atom is 0.324 e. The Hall–Kier alpha value is -0.550. The number of hydrogen-bond acceptors (Lipinski definition) is 5. The predicted molar refractivity (Wildman–Crippen MR) is 52.1 cm³/mol. The highest BCUT2D eigenvalue weighted by Gasteiger charge is 2.02. The highest BCUT2D eigenvalue weighted by molar-refractivity contribution is 7.38. The second kappa shape index (κ2) is 7.82. The molecule has 0 heterocycles. The number of aliphatic hydroxyl groups is 2. The Kier molecular flexibility index (Phi) is 7.51. The minimum atomic E-state index is -2.62. The van der Waals surface area contributed by atoms with E-state index in [4.69, 9.17) is 24.9 Å². The number of aliphatic hydroxyl groups excluding tert-OH is 2. The quantitative estimate of drug-likeness (QED) is 0.448. The number of rotatable bonds is 2. The Morgan fingerprint density at radius 3 is 1.86 bits per heavy atom. The van der Waals surface area contributed by atoms with Gasteiger partial charge in [0.1, 0.15) is 6.10 Å². The van der Waals surface area contributed by atoms with E-state index < -0.39 is 14.7 Å². The molecule has 0 aliphatic carbocycles. The molecule has 0 saturated carbocycles. The molecule has 1 unspecified atom stereocenters. The number of hydrogen-bond donors (Lipinski definition) is 5. The van der Waals surface area contributed by atoms with Gasteiger partial charge in [-0.3, -0.25) is 0 Å². The van der Waals surface area contributed by atoms with E-state index >= 15 is 0 Å². The molecule has 0 bridgehead atoms. The fourth-order valence-electron chi connectivity index (χ4n) is 0.781. The fraction of sp³-hybridized carbons (Fsp3) is 0.250. The lowest BCUT2D eigenvalue weighted by atomic mass is 10.1. The first-order valence-electron chi connectivity index (χ1n) is 3.78. The van der Waals surface area contributed by atoms with Crippen molar-refractivity contribution >= 4 is 8.60 Å². The third-order valence-electron chi connectivity index (χ3n) is 1.36. The standard InChI is InChI=1S/C8H10O2.H3O3P/c9-6-8(10)7-4-2-1-3-5-7;1-4(2)3/h1-5,8-10H,6H2;1-3H. The summed E-state index contributed by atoms with van der Waals surface area (Å²) < 4.78 is 0. The molecule has 80 valence electrons. The lowest BCUT2D eigenvalue weighted by Gasteiger charge is -2.05. The van der Waals surface area contributed by atoms with E-state index in [2.05, 4.69) is 0 Å². The van der Waals surface area contributed by atoms with Crippen molar-refractivity contribution < 1.29 is 24.9 Å². The SMILES string of the molecule is OCC(O)c1ccccc1.OP(O)O. The van der Waals surface area contributed by atoms with Crippen molar-refractivity contribution in [2.24, 2.45) is 0 Å². The van der Waals surface area contributed by atoms with Crippen LogP contribution < -0.4 is 0 Å². The zero-order valence-corrected chi connectivity index (χ0v) is 8.25. The smallest absolute Gasteiger partial charge is 0.324 e. The van der Waals surface area contributed by atoms with E-state index in [9.17, 15) is 0 Å². The average molecular weight is 220 g/mol. The third kappa shape index (κ3) is 6.91. The van der Waals surface area contributed by atoms with Crippen molar-refractivity contribution in [2.45, 2.75) is 6.10 Å². The van der Waals surface area contributed by atoms with Crippen LogP contribution in [0.5, 0.6) is 0 Å². The fourth-order valence-corrected chi connectivity index (χ4v) is 0.781. The summed E-state index contributed by atoms with van der Waals surface area (Å²) >= 11 is 0. The molecule has 0 fully saturated rings. The topological polar surface area (TPSA) is 101 Å². The van der Waals surface area contributed by atoms with Gasteiger partial charge < -0.3 is 24.9 Å². The highest BCUT2D eigenvalue weighted by Crippen LogP contribution is 2.11. The van der Waals surface area contributed by atoms with Gasteiger partial charge in [-0.2, -0.15) is 0 Å². The van der Waals surface area contributed by atoms with Gasteiger partial charge >= 0.3 is 8.60 Å². The Labute approximate surface area is 82.9 Å². The summed E-state index contributed by atoms with van der Waals surface area (Å²) in [6.07, 6.45) is -0.735. The van der Waals surface area contributed by atoms with Gasteiger partial charge in [0, 0.05) is 0 Å². The second-order valence-corrected chi connectivity index (χ2v) is 2.91. The maximum absolute atomic E-state index is 9.08. The molecule has 0 saturated heterocycles. The normalized spacial score (nSPS) is 11.9. The van der Waals surface area contributed by atoms with Crippen molar-refractivity contribution in [3.8, 4) is 0 Å². The molecule has 1 rings (SSSR count). The van der Waals surface area contributed by atoms with Gasteiger partial charge in [0.2, 0.25) is 0 Å². The van der Waals surface area contributed by atoms with Gasteiger partial charge in [-0.25, -0.2) is 0 Å². The summed E-state index contributed by atoms with van der Waals surface area (Å²) in [5.74, 6) is 0. The number of benzene rings is 1. The van der Waals surface area contributed by atoms with E-state index in [1.807, 2.05) is 18.2 Å². The lowest BCUT2D eigenvalue weighted by molar-refractivity contribution is 0.0956. The van der Waals surface area contributed by atoms with Crippen molar-refractivity contribution in [3.63, 3.8) is 0 Å². The van der Waals surface area contributed by atoms with Gasteiger partial charge in [0.25, 0.3) is 0 Å². The van der Waals surface area contributed by atoms with Gasteiger partial charge in [0.05, 0.1) is 6.61 Å². The van der Waals surface area contributed by atoms with Crippen LogP contribution in [0.25, 0.3) is 0 Å². The van der Waals surface area contributed by atoms with Gasteiger partial charge in [0.15, 0.2) is 0 Å². The molecule has 0 amide bonds. The molecule has 0 radical (unpaired) electrons. The van der Waals surface area contributed by atoms with Crippen LogP contribution in [0.1, 0.15) is 11.7 Å². The van der Waals surface area contributed by atoms with Gasteiger partial charge in [-0.1, -0.05) is 30.3 Å². The van der Waals surface area contributed by atoms with Crippen LogP contribution in [0.3, 0.4) is 0 Å². The summed E-state index contributed by atoms with van der Waals surface area (Å²) in [5.41, 5.74) is 0.755. The molecule has 14 heavy (non-hydrogen) atoms. The largest absolute Gasteiger partial charge is 0.393 e. The molecule has 5 nitrogen and oxygen atoms in total. The first-order chi connectivity index (χ1) is 6.57. The molecule has 5 N–H and O–H groups in total. The van der Waals surface area contributed by atoms with Crippen LogP contribution in [0.4, 0.5) is 0 Å². The zero-order valence-electron chi connectivity index (χ0n) is 7.35. The van der Waals surface area contributed by atoms with Crippen molar-refractivity contribution in [3.05, 3.63) is 35.9 Å². The van der Waals surface area contributed by atoms with Crippen molar-refractivity contribution in [2.75, 3.05) is 6.61 Å². The Bertz CT molecular complexity index is 226. The first-order valence-corrected chi connectivity index (χ1v) is 4.98. The van der Waals surface area contributed by atoms with E-state index in [0.717, 1.165) is 5.56 Å². The molecule has 0 spiro atoms. The van der Waals surface area contributed by atoms with Crippen LogP contribution in [0, 0.1) is 0 Å². The summed E-state index contributed by atoms with van der Waals surface area (Å²) in [6.45, 7) is -0.218. The first kappa shape index (κ1) is 13.4. The molecule has 0 aliphatic heterocycles. The average Bonchev–Trinajstić information content (AvgIpc) is 2.17. The summed E-state index contributed by atoms with van der Waals surface area (Å²) in [7, 11) is -2.62. The van der Waals surface area contributed by atoms with Crippen LogP contribution in [0.2, 0.25) is 0 Å². The molecule has 0 aromatic heterocycles. The van der Waals surface area contributed by atoms with Crippen LogP contribution >= 0.6 is 8.60 Å². The zero-order chi connectivity index (χ0) is 11.0.